The van der Waals surface area contributed by atoms with Gasteiger partial charge in [-0.25, -0.2) is 4.79 Å². The van der Waals surface area contributed by atoms with E-state index in [0.29, 0.717) is 24.1 Å². The molecule has 8 heteroatoms. The normalized spacial score (nSPS) is 15.6. The fourth-order valence-corrected chi connectivity index (χ4v) is 4.28. The van der Waals surface area contributed by atoms with E-state index in [1.807, 2.05) is 13.8 Å². The number of rotatable bonds is 11. The van der Waals surface area contributed by atoms with E-state index >= 15 is 0 Å². The number of nitrogens with zero attached hydrogens (tertiary/aromatic N) is 1. The molecule has 0 spiro atoms. The summed E-state index contributed by atoms with van der Waals surface area (Å²) in [5.41, 5.74) is 0.569. The van der Waals surface area contributed by atoms with Gasteiger partial charge in [0.05, 0.1) is 0 Å². The van der Waals surface area contributed by atoms with Crippen LogP contribution in [-0.4, -0.2) is 52.1 Å². The van der Waals surface area contributed by atoms with Crippen molar-refractivity contribution in [2.45, 2.75) is 111 Å². The SMILES string of the molecule is CCCCNC(=O)C(c1ccc(O)c(C)c1)N(C(=O)C(CC(C)C)NC(=O)OC(C)(C)C)C1CCC1. The maximum Gasteiger partial charge on any atom is 0.408 e. The first-order valence-corrected chi connectivity index (χ1v) is 13.2. The largest absolute Gasteiger partial charge is 0.508 e. The highest BCUT2D eigenvalue weighted by molar-refractivity contribution is 5.92. The number of hydrogen-bond donors (Lipinski definition) is 3. The van der Waals surface area contributed by atoms with Crippen LogP contribution in [0.4, 0.5) is 4.79 Å². The third-order valence-electron chi connectivity index (χ3n) is 6.31. The highest BCUT2D eigenvalue weighted by atomic mass is 16.6. The Labute approximate surface area is 216 Å². The number of hydrogen-bond acceptors (Lipinski definition) is 5. The fraction of sp³-hybridized carbons (Fsp3) is 0.679. The first kappa shape index (κ1) is 29.5. The molecule has 202 valence electrons. The van der Waals surface area contributed by atoms with E-state index in [1.54, 1.807) is 50.8 Å². The quantitative estimate of drug-likeness (QED) is 0.369. The van der Waals surface area contributed by atoms with Crippen molar-refractivity contribution in [3.8, 4) is 5.75 Å². The summed E-state index contributed by atoms with van der Waals surface area (Å²) in [6.07, 6.45) is 4.09. The van der Waals surface area contributed by atoms with Crippen LogP contribution in [0.15, 0.2) is 18.2 Å². The zero-order valence-corrected chi connectivity index (χ0v) is 23.0. The molecule has 1 aliphatic carbocycles. The Kier molecular flexibility index (Phi) is 10.6. The van der Waals surface area contributed by atoms with Crippen LogP contribution >= 0.6 is 0 Å². The number of alkyl carbamates (subject to hydrolysis) is 1. The van der Waals surface area contributed by atoms with Crippen LogP contribution < -0.4 is 10.6 Å². The van der Waals surface area contributed by atoms with E-state index in [0.717, 1.165) is 32.1 Å². The van der Waals surface area contributed by atoms with Gasteiger partial charge in [0.25, 0.3) is 0 Å². The van der Waals surface area contributed by atoms with E-state index in [9.17, 15) is 19.5 Å². The van der Waals surface area contributed by atoms with Gasteiger partial charge in [-0.05, 0) is 89.0 Å². The number of benzene rings is 1. The average Bonchev–Trinajstić information content (AvgIpc) is 2.72. The average molecular weight is 504 g/mol. The molecule has 2 rings (SSSR count). The summed E-state index contributed by atoms with van der Waals surface area (Å²) in [6.45, 7) is 13.6. The predicted octanol–water partition coefficient (Wildman–Crippen LogP) is 4.98. The topological polar surface area (TPSA) is 108 Å². The molecule has 1 aliphatic rings. The summed E-state index contributed by atoms with van der Waals surface area (Å²) in [6, 6.07) is 3.22. The molecule has 1 aromatic rings. The second-order valence-electron chi connectivity index (χ2n) is 11.3. The van der Waals surface area contributed by atoms with Gasteiger partial charge in [-0.3, -0.25) is 9.59 Å². The summed E-state index contributed by atoms with van der Waals surface area (Å²) in [5.74, 6) is -0.283. The minimum absolute atomic E-state index is 0.108. The second-order valence-corrected chi connectivity index (χ2v) is 11.3. The maximum absolute atomic E-state index is 14.1. The van der Waals surface area contributed by atoms with Crippen molar-refractivity contribution in [2.24, 2.45) is 5.92 Å². The maximum atomic E-state index is 14.1. The van der Waals surface area contributed by atoms with E-state index in [1.165, 1.54) is 0 Å². The standard InChI is InChI=1S/C28H45N3O5/c1-8-9-15-29-25(33)24(20-13-14-23(32)19(4)17-20)31(21-11-10-12-21)26(34)22(16-18(2)3)30-27(35)36-28(5,6)7/h13-14,17-18,21-22,24,32H,8-12,15-16H2,1-7H3,(H,29,33)(H,30,35). The van der Waals surface area contributed by atoms with Gasteiger partial charge < -0.3 is 25.4 Å². The van der Waals surface area contributed by atoms with E-state index in [-0.39, 0.29) is 29.5 Å². The third-order valence-corrected chi connectivity index (χ3v) is 6.31. The van der Waals surface area contributed by atoms with Crippen LogP contribution in [-0.2, 0) is 14.3 Å². The number of aromatic hydroxyl groups is 1. The number of aryl methyl sites for hydroxylation is 1. The highest BCUT2D eigenvalue weighted by Gasteiger charge is 2.42. The monoisotopic (exact) mass is 503 g/mol. The van der Waals surface area contributed by atoms with Crippen LogP contribution in [0.1, 0.15) is 97.2 Å². The van der Waals surface area contributed by atoms with Gasteiger partial charge in [0.15, 0.2) is 0 Å². The molecule has 0 radical (unpaired) electrons. The molecule has 1 aromatic carbocycles. The van der Waals surface area contributed by atoms with Crippen molar-refractivity contribution >= 4 is 17.9 Å². The van der Waals surface area contributed by atoms with Gasteiger partial charge in [-0.15, -0.1) is 0 Å². The number of amides is 3. The van der Waals surface area contributed by atoms with Crippen molar-refractivity contribution in [1.82, 2.24) is 15.5 Å². The zero-order valence-electron chi connectivity index (χ0n) is 23.0. The lowest BCUT2D eigenvalue weighted by Crippen LogP contribution is -2.57. The molecule has 8 nitrogen and oxygen atoms in total. The van der Waals surface area contributed by atoms with Crippen molar-refractivity contribution < 1.29 is 24.2 Å². The summed E-state index contributed by atoms with van der Waals surface area (Å²) in [7, 11) is 0. The highest BCUT2D eigenvalue weighted by Crippen LogP contribution is 2.35. The van der Waals surface area contributed by atoms with Crippen LogP contribution in [0.2, 0.25) is 0 Å². The van der Waals surface area contributed by atoms with Crippen LogP contribution in [0, 0.1) is 12.8 Å². The van der Waals surface area contributed by atoms with Crippen LogP contribution in [0.3, 0.4) is 0 Å². The van der Waals surface area contributed by atoms with E-state index in [2.05, 4.69) is 17.6 Å². The van der Waals surface area contributed by atoms with Gasteiger partial charge in [-0.2, -0.15) is 0 Å². The van der Waals surface area contributed by atoms with Crippen LogP contribution in [0.5, 0.6) is 5.75 Å². The van der Waals surface area contributed by atoms with Gasteiger partial charge in [0.2, 0.25) is 11.8 Å². The smallest absolute Gasteiger partial charge is 0.408 e. The molecule has 2 unspecified atom stereocenters. The lowest BCUT2D eigenvalue weighted by molar-refractivity contribution is -0.147. The lowest BCUT2D eigenvalue weighted by atomic mass is 9.87. The number of ether oxygens (including phenoxy) is 1. The van der Waals surface area contributed by atoms with E-state index < -0.39 is 23.8 Å². The Morgan fingerprint density at radius 2 is 1.86 bits per heavy atom. The Morgan fingerprint density at radius 3 is 2.36 bits per heavy atom. The van der Waals surface area contributed by atoms with Crippen molar-refractivity contribution in [3.05, 3.63) is 29.3 Å². The summed E-state index contributed by atoms with van der Waals surface area (Å²) in [4.78, 5) is 42.0. The number of phenols is 1. The summed E-state index contributed by atoms with van der Waals surface area (Å²) < 4.78 is 5.44. The second kappa shape index (κ2) is 13.0. The minimum Gasteiger partial charge on any atom is -0.508 e. The van der Waals surface area contributed by atoms with Gasteiger partial charge >= 0.3 is 6.09 Å². The number of nitrogens with one attached hydrogen (secondary N) is 2. The fourth-order valence-electron chi connectivity index (χ4n) is 4.28. The van der Waals surface area contributed by atoms with Gasteiger partial charge in [0, 0.05) is 12.6 Å². The molecular formula is C28H45N3O5. The number of unbranched alkanes of at least 4 members (excludes halogenated alkanes) is 1. The third kappa shape index (κ3) is 8.42. The molecule has 3 amide bonds. The lowest BCUT2D eigenvalue weighted by Gasteiger charge is -2.44. The van der Waals surface area contributed by atoms with Gasteiger partial charge in [-0.1, -0.05) is 33.3 Å². The predicted molar refractivity (Wildman–Crippen MR) is 141 cm³/mol. The summed E-state index contributed by atoms with van der Waals surface area (Å²) in [5, 5.41) is 15.9. The molecule has 1 saturated carbocycles. The molecule has 0 aliphatic heterocycles. The first-order valence-electron chi connectivity index (χ1n) is 13.2. The molecule has 0 aromatic heterocycles. The molecule has 3 N–H and O–H groups in total. The summed E-state index contributed by atoms with van der Waals surface area (Å²) >= 11 is 0. The number of carbonyl (C=O) groups is 3. The number of carbonyl (C=O) groups excluding carboxylic acids is 3. The Bertz CT molecular complexity index is 905. The zero-order chi connectivity index (χ0) is 27.0. The molecule has 0 saturated heterocycles. The van der Waals surface area contributed by atoms with Crippen LogP contribution in [0.25, 0.3) is 0 Å². The molecule has 1 fully saturated rings. The molecule has 0 heterocycles. The van der Waals surface area contributed by atoms with Gasteiger partial charge in [0.1, 0.15) is 23.4 Å². The minimum atomic E-state index is -0.867. The van der Waals surface area contributed by atoms with Crippen molar-refractivity contribution in [2.75, 3.05) is 6.54 Å². The Balaban J connectivity index is 2.48. The molecule has 36 heavy (non-hydrogen) atoms. The Morgan fingerprint density at radius 1 is 1.19 bits per heavy atom. The van der Waals surface area contributed by atoms with Crippen molar-refractivity contribution in [1.29, 1.82) is 0 Å². The molecular weight excluding hydrogens is 458 g/mol. The molecule has 2 atom stereocenters. The number of phenolic OH excluding ortho intramolecular Hbond substituents is 1. The first-order chi connectivity index (χ1) is 16.8. The molecule has 0 bridgehead atoms. The van der Waals surface area contributed by atoms with E-state index in [4.69, 9.17) is 4.74 Å². The Hall–Kier alpha value is -2.77. The van der Waals surface area contributed by atoms with Crippen molar-refractivity contribution in [3.63, 3.8) is 0 Å².